The molecular weight excluding hydrogens is 357 g/mol. The topological polar surface area (TPSA) is 43.1 Å². The molecule has 0 aliphatic rings. The van der Waals surface area contributed by atoms with E-state index in [1.54, 1.807) is 0 Å². The van der Waals surface area contributed by atoms with Crippen molar-refractivity contribution in [1.82, 2.24) is 0 Å². The standard InChI is InChI=1S/C11H12Br2FNO2/c1-3-8(12)6(2)7-4-10(14)9(13)5-11(7)15(16)17/h4-6,8H,3H2,1-2H3. The number of halogens is 3. The first-order chi connectivity index (χ1) is 7.88. The molecule has 0 fully saturated rings. The minimum Gasteiger partial charge on any atom is -0.258 e. The molecule has 1 aromatic carbocycles. The van der Waals surface area contributed by atoms with E-state index >= 15 is 0 Å². The molecule has 0 aromatic heterocycles. The van der Waals surface area contributed by atoms with Gasteiger partial charge in [0.05, 0.1) is 9.40 Å². The van der Waals surface area contributed by atoms with Crippen molar-refractivity contribution < 1.29 is 9.31 Å². The van der Waals surface area contributed by atoms with Gasteiger partial charge in [0.1, 0.15) is 5.82 Å². The maximum absolute atomic E-state index is 13.5. The Morgan fingerprint density at radius 2 is 2.12 bits per heavy atom. The molecule has 0 aliphatic carbocycles. The molecule has 0 heterocycles. The molecule has 0 spiro atoms. The lowest BCUT2D eigenvalue weighted by Crippen LogP contribution is -2.10. The average Bonchev–Trinajstić information content (AvgIpc) is 2.29. The number of alkyl halides is 1. The molecule has 1 aromatic rings. The molecule has 2 atom stereocenters. The fourth-order valence-corrected chi connectivity index (χ4v) is 2.24. The molecule has 1 rings (SSSR count). The second kappa shape index (κ2) is 5.91. The van der Waals surface area contributed by atoms with Crippen molar-refractivity contribution >= 4 is 37.5 Å². The average molecular weight is 369 g/mol. The minimum absolute atomic E-state index is 0.0522. The van der Waals surface area contributed by atoms with E-state index < -0.39 is 10.7 Å². The summed E-state index contributed by atoms with van der Waals surface area (Å²) < 4.78 is 13.6. The highest BCUT2D eigenvalue weighted by Crippen LogP contribution is 2.36. The van der Waals surface area contributed by atoms with Crippen LogP contribution in [0.1, 0.15) is 31.7 Å². The van der Waals surface area contributed by atoms with Crippen molar-refractivity contribution in [1.29, 1.82) is 0 Å². The second-order valence-corrected chi connectivity index (χ2v) is 5.83. The van der Waals surface area contributed by atoms with E-state index in [0.29, 0.717) is 5.56 Å². The maximum Gasteiger partial charge on any atom is 0.274 e. The molecule has 0 aliphatic heterocycles. The van der Waals surface area contributed by atoms with Crippen LogP contribution in [0.25, 0.3) is 0 Å². The van der Waals surface area contributed by atoms with Gasteiger partial charge in [0.2, 0.25) is 0 Å². The highest BCUT2D eigenvalue weighted by Gasteiger charge is 2.25. The van der Waals surface area contributed by atoms with Crippen LogP contribution in [0, 0.1) is 15.9 Å². The molecule has 94 valence electrons. The quantitative estimate of drug-likeness (QED) is 0.436. The zero-order valence-electron chi connectivity index (χ0n) is 9.41. The van der Waals surface area contributed by atoms with E-state index in [9.17, 15) is 14.5 Å². The Balaban J connectivity index is 3.30. The number of nitro groups is 1. The minimum atomic E-state index is -0.481. The summed E-state index contributed by atoms with van der Waals surface area (Å²) in [5.41, 5.74) is 0.364. The van der Waals surface area contributed by atoms with Crippen molar-refractivity contribution in [2.75, 3.05) is 0 Å². The smallest absolute Gasteiger partial charge is 0.258 e. The van der Waals surface area contributed by atoms with Gasteiger partial charge in [0.15, 0.2) is 0 Å². The van der Waals surface area contributed by atoms with Crippen LogP contribution >= 0.6 is 31.9 Å². The fraction of sp³-hybridized carbons (Fsp3) is 0.455. The monoisotopic (exact) mass is 367 g/mol. The Labute approximate surface area is 116 Å². The number of nitrogens with zero attached hydrogens (tertiary/aromatic N) is 1. The Morgan fingerprint density at radius 3 is 2.59 bits per heavy atom. The molecule has 0 amide bonds. The van der Waals surface area contributed by atoms with Crippen LogP contribution in [0.3, 0.4) is 0 Å². The molecular formula is C11H12Br2FNO2. The van der Waals surface area contributed by atoms with Crippen molar-refractivity contribution in [2.24, 2.45) is 0 Å². The van der Waals surface area contributed by atoms with Gasteiger partial charge in [-0.2, -0.15) is 0 Å². The van der Waals surface area contributed by atoms with E-state index in [4.69, 9.17) is 0 Å². The lowest BCUT2D eigenvalue weighted by molar-refractivity contribution is -0.385. The summed E-state index contributed by atoms with van der Waals surface area (Å²) in [7, 11) is 0. The molecule has 17 heavy (non-hydrogen) atoms. The van der Waals surface area contributed by atoms with E-state index in [0.717, 1.165) is 6.42 Å². The third kappa shape index (κ3) is 3.25. The Hall–Kier alpha value is -0.490. The molecule has 0 saturated carbocycles. The predicted octanol–water partition coefficient (Wildman–Crippen LogP) is 4.77. The van der Waals surface area contributed by atoms with Gasteiger partial charge in [-0.1, -0.05) is 29.8 Å². The summed E-state index contributed by atoms with van der Waals surface area (Å²) in [6, 6.07) is 2.45. The Bertz CT molecular complexity index is 440. The van der Waals surface area contributed by atoms with Crippen LogP contribution < -0.4 is 0 Å². The van der Waals surface area contributed by atoms with E-state index in [-0.39, 0.29) is 20.9 Å². The normalized spacial score (nSPS) is 14.4. The van der Waals surface area contributed by atoms with Gasteiger partial charge in [-0.25, -0.2) is 4.39 Å². The van der Waals surface area contributed by atoms with Gasteiger partial charge < -0.3 is 0 Å². The molecule has 3 nitrogen and oxygen atoms in total. The third-order valence-electron chi connectivity index (χ3n) is 2.69. The van der Waals surface area contributed by atoms with Crippen molar-refractivity contribution in [3.63, 3.8) is 0 Å². The summed E-state index contributed by atoms with van der Waals surface area (Å²) >= 11 is 6.41. The van der Waals surface area contributed by atoms with E-state index in [1.165, 1.54) is 12.1 Å². The first kappa shape index (κ1) is 14.6. The molecule has 0 saturated heterocycles. The van der Waals surface area contributed by atoms with Gasteiger partial charge in [0.25, 0.3) is 5.69 Å². The number of rotatable bonds is 4. The summed E-state index contributed by atoms with van der Waals surface area (Å²) in [5, 5.41) is 10.9. The Kier molecular flexibility index (Phi) is 5.06. The third-order valence-corrected chi connectivity index (χ3v) is 4.74. The van der Waals surface area contributed by atoms with Crippen molar-refractivity contribution in [3.05, 3.63) is 38.1 Å². The van der Waals surface area contributed by atoms with Crippen LogP contribution in [-0.2, 0) is 0 Å². The van der Waals surface area contributed by atoms with Crippen LogP contribution in [0.15, 0.2) is 16.6 Å². The molecule has 2 unspecified atom stereocenters. The lowest BCUT2D eigenvalue weighted by atomic mass is 9.95. The van der Waals surface area contributed by atoms with E-state index in [1.807, 2.05) is 13.8 Å². The molecule has 0 bridgehead atoms. The number of nitro benzene ring substituents is 1. The van der Waals surface area contributed by atoms with Crippen LogP contribution in [0.5, 0.6) is 0 Å². The first-order valence-corrected chi connectivity index (χ1v) is 6.86. The predicted molar refractivity (Wildman–Crippen MR) is 72.2 cm³/mol. The second-order valence-electron chi connectivity index (χ2n) is 3.80. The molecule has 6 heteroatoms. The summed E-state index contributed by atoms with van der Waals surface area (Å²) in [6.07, 6.45) is 0.815. The number of hydrogen-bond acceptors (Lipinski definition) is 2. The van der Waals surface area contributed by atoms with Gasteiger partial charge in [-0.15, -0.1) is 0 Å². The van der Waals surface area contributed by atoms with Gasteiger partial charge in [-0.3, -0.25) is 10.1 Å². The zero-order valence-corrected chi connectivity index (χ0v) is 12.6. The van der Waals surface area contributed by atoms with Gasteiger partial charge in [-0.05, 0) is 28.4 Å². The van der Waals surface area contributed by atoms with Crippen molar-refractivity contribution in [2.45, 2.75) is 31.0 Å². The zero-order chi connectivity index (χ0) is 13.2. The highest BCUT2D eigenvalue weighted by molar-refractivity contribution is 9.10. The fourth-order valence-electron chi connectivity index (χ4n) is 1.62. The highest BCUT2D eigenvalue weighted by atomic mass is 79.9. The summed E-state index contributed by atoms with van der Waals surface area (Å²) in [6.45, 7) is 3.82. The number of benzene rings is 1. The number of hydrogen-bond donors (Lipinski definition) is 0. The largest absolute Gasteiger partial charge is 0.274 e. The Morgan fingerprint density at radius 1 is 1.53 bits per heavy atom. The summed E-state index contributed by atoms with van der Waals surface area (Å²) in [5.74, 6) is -0.601. The lowest BCUT2D eigenvalue weighted by Gasteiger charge is -2.17. The van der Waals surface area contributed by atoms with Crippen molar-refractivity contribution in [3.8, 4) is 0 Å². The van der Waals surface area contributed by atoms with Gasteiger partial charge >= 0.3 is 0 Å². The SMILES string of the molecule is CCC(Br)C(C)c1cc(F)c(Br)cc1[N+](=O)[O-]. The van der Waals surface area contributed by atoms with E-state index in [2.05, 4.69) is 31.9 Å². The van der Waals surface area contributed by atoms with Crippen LogP contribution in [0.4, 0.5) is 10.1 Å². The first-order valence-electron chi connectivity index (χ1n) is 5.15. The van der Waals surface area contributed by atoms with Crippen LogP contribution in [-0.4, -0.2) is 9.75 Å². The maximum atomic E-state index is 13.5. The van der Waals surface area contributed by atoms with Gasteiger partial charge in [0, 0.05) is 22.4 Å². The molecule has 0 radical (unpaired) electrons. The molecule has 0 N–H and O–H groups in total. The van der Waals surface area contributed by atoms with Crippen LogP contribution in [0.2, 0.25) is 0 Å². The summed E-state index contributed by atoms with van der Waals surface area (Å²) in [4.78, 5) is 10.6.